The molecule has 0 aromatic carbocycles. The van der Waals surface area contributed by atoms with Crippen LogP contribution < -0.4 is 5.32 Å². The van der Waals surface area contributed by atoms with E-state index in [1.54, 1.807) is 6.07 Å². The predicted octanol–water partition coefficient (Wildman–Crippen LogP) is 0.471. The zero-order chi connectivity index (χ0) is 14.0. The van der Waals surface area contributed by atoms with Gasteiger partial charge < -0.3 is 5.32 Å². The maximum Gasteiger partial charge on any atom is 0.244 e. The van der Waals surface area contributed by atoms with Gasteiger partial charge in [-0.15, -0.1) is 0 Å². The third kappa shape index (κ3) is 3.32. The minimum Gasteiger partial charge on any atom is -0.308 e. The molecule has 0 spiro atoms. The lowest BCUT2D eigenvalue weighted by Crippen LogP contribution is -2.49. The number of anilines is 1. The molecule has 8 heteroatoms. The number of carbonyl (C=O) groups excluding carboxylic acids is 1. The molecule has 0 radical (unpaired) electrons. The highest BCUT2D eigenvalue weighted by molar-refractivity contribution is 7.88. The van der Waals surface area contributed by atoms with Crippen molar-refractivity contribution in [3.63, 3.8) is 0 Å². The molecule has 1 aromatic rings. The van der Waals surface area contributed by atoms with Gasteiger partial charge in [-0.25, -0.2) is 8.42 Å². The summed E-state index contributed by atoms with van der Waals surface area (Å²) in [6.07, 6.45) is 3.32. The first kappa shape index (κ1) is 14.0. The van der Waals surface area contributed by atoms with Gasteiger partial charge in [-0.05, 0) is 19.8 Å². The van der Waals surface area contributed by atoms with Gasteiger partial charge in [-0.2, -0.15) is 9.40 Å². The lowest BCUT2D eigenvalue weighted by molar-refractivity contribution is -0.120. The fraction of sp³-hybridized carbons (Fsp3) is 0.636. The molecule has 1 aliphatic heterocycles. The Kier molecular flexibility index (Phi) is 3.91. The summed E-state index contributed by atoms with van der Waals surface area (Å²) in [7, 11) is -3.36. The minimum absolute atomic E-state index is 0.323. The number of rotatable bonds is 3. The Morgan fingerprint density at radius 3 is 2.84 bits per heavy atom. The fourth-order valence-electron chi connectivity index (χ4n) is 2.26. The molecule has 0 saturated carbocycles. The summed E-state index contributed by atoms with van der Waals surface area (Å²) in [5.74, 6) is 0.0955. The SMILES string of the molecule is Cc1cc(NC(=O)C2CCCCN2S(C)(=O)=O)n[nH]1. The molecular formula is C11H18N4O3S. The number of hydrogen-bond donors (Lipinski definition) is 2. The number of nitrogens with one attached hydrogen (secondary N) is 2. The van der Waals surface area contributed by atoms with Crippen LogP contribution in [0.5, 0.6) is 0 Å². The minimum atomic E-state index is -3.36. The second-order valence-electron chi connectivity index (χ2n) is 4.81. The molecule has 19 heavy (non-hydrogen) atoms. The standard InChI is InChI=1S/C11H18N4O3S/c1-8-7-10(14-13-8)12-11(16)9-5-3-4-6-15(9)19(2,17)18/h7,9H,3-6H2,1-2H3,(H2,12,13,14,16). The van der Waals surface area contributed by atoms with Crippen LogP contribution in [0.4, 0.5) is 5.82 Å². The molecule has 2 heterocycles. The molecule has 2 rings (SSSR count). The first-order valence-corrected chi connectivity index (χ1v) is 8.02. The molecule has 7 nitrogen and oxygen atoms in total. The van der Waals surface area contributed by atoms with Crippen molar-refractivity contribution >= 4 is 21.7 Å². The number of H-pyrrole nitrogens is 1. The van der Waals surface area contributed by atoms with E-state index in [2.05, 4.69) is 15.5 Å². The third-order valence-corrected chi connectivity index (χ3v) is 4.43. The lowest BCUT2D eigenvalue weighted by atomic mass is 10.0. The van der Waals surface area contributed by atoms with Crippen molar-refractivity contribution < 1.29 is 13.2 Å². The van der Waals surface area contributed by atoms with Crippen molar-refractivity contribution in [1.29, 1.82) is 0 Å². The summed E-state index contributed by atoms with van der Waals surface area (Å²) < 4.78 is 24.6. The smallest absolute Gasteiger partial charge is 0.244 e. The molecule has 1 atom stereocenters. The molecule has 1 amide bonds. The van der Waals surface area contributed by atoms with E-state index in [0.717, 1.165) is 24.8 Å². The number of nitrogens with zero attached hydrogens (tertiary/aromatic N) is 2. The number of piperidine rings is 1. The van der Waals surface area contributed by atoms with Crippen molar-refractivity contribution in [3.05, 3.63) is 11.8 Å². The predicted molar refractivity (Wildman–Crippen MR) is 71.1 cm³/mol. The Morgan fingerprint density at radius 1 is 1.53 bits per heavy atom. The van der Waals surface area contributed by atoms with E-state index >= 15 is 0 Å². The maximum absolute atomic E-state index is 12.2. The molecule has 1 fully saturated rings. The molecular weight excluding hydrogens is 268 g/mol. The Labute approximate surface area is 112 Å². The number of aromatic amines is 1. The summed E-state index contributed by atoms with van der Waals surface area (Å²) in [5, 5.41) is 9.28. The van der Waals surface area contributed by atoms with Gasteiger partial charge in [0.05, 0.1) is 6.26 Å². The van der Waals surface area contributed by atoms with Crippen LogP contribution in [0.25, 0.3) is 0 Å². The fourth-order valence-corrected chi connectivity index (χ4v) is 3.38. The zero-order valence-corrected chi connectivity index (χ0v) is 11.8. The number of carbonyl (C=O) groups is 1. The van der Waals surface area contributed by atoms with Crippen LogP contribution in [-0.4, -0.2) is 47.7 Å². The number of aryl methyl sites for hydroxylation is 1. The summed E-state index contributed by atoms with van der Waals surface area (Å²) in [4.78, 5) is 12.2. The van der Waals surface area contributed by atoms with Gasteiger partial charge in [0, 0.05) is 18.3 Å². The largest absolute Gasteiger partial charge is 0.308 e. The van der Waals surface area contributed by atoms with Gasteiger partial charge >= 0.3 is 0 Å². The Balaban J connectivity index is 2.12. The molecule has 1 aromatic heterocycles. The highest BCUT2D eigenvalue weighted by atomic mass is 32.2. The highest BCUT2D eigenvalue weighted by Gasteiger charge is 2.34. The van der Waals surface area contributed by atoms with Gasteiger partial charge in [-0.3, -0.25) is 9.89 Å². The van der Waals surface area contributed by atoms with Gasteiger partial charge in [0.1, 0.15) is 6.04 Å². The van der Waals surface area contributed by atoms with E-state index in [-0.39, 0.29) is 5.91 Å². The van der Waals surface area contributed by atoms with Gasteiger partial charge in [0.2, 0.25) is 15.9 Å². The Hall–Kier alpha value is -1.41. The Morgan fingerprint density at radius 2 is 2.26 bits per heavy atom. The zero-order valence-electron chi connectivity index (χ0n) is 11.0. The van der Waals surface area contributed by atoms with Crippen LogP contribution in [0.3, 0.4) is 0 Å². The number of aromatic nitrogens is 2. The third-order valence-electron chi connectivity index (χ3n) is 3.14. The topological polar surface area (TPSA) is 95.2 Å². The maximum atomic E-state index is 12.2. The summed E-state index contributed by atoms with van der Waals surface area (Å²) >= 11 is 0. The molecule has 106 valence electrons. The van der Waals surface area contributed by atoms with Crippen LogP contribution in [-0.2, 0) is 14.8 Å². The van der Waals surface area contributed by atoms with Crippen LogP contribution in [0.15, 0.2) is 6.07 Å². The van der Waals surface area contributed by atoms with Crippen molar-refractivity contribution in [2.24, 2.45) is 0 Å². The molecule has 1 aliphatic rings. The van der Waals surface area contributed by atoms with Crippen LogP contribution in [0.2, 0.25) is 0 Å². The lowest BCUT2D eigenvalue weighted by Gasteiger charge is -2.32. The van der Waals surface area contributed by atoms with E-state index in [1.807, 2.05) is 6.92 Å². The van der Waals surface area contributed by atoms with E-state index in [0.29, 0.717) is 18.8 Å². The molecule has 0 aliphatic carbocycles. The monoisotopic (exact) mass is 286 g/mol. The van der Waals surface area contributed by atoms with Crippen molar-refractivity contribution in [2.45, 2.75) is 32.2 Å². The summed E-state index contributed by atoms with van der Waals surface area (Å²) in [6, 6.07) is 1.06. The number of sulfonamides is 1. The van der Waals surface area contributed by atoms with Gasteiger partial charge in [0.25, 0.3) is 0 Å². The molecule has 1 unspecified atom stereocenters. The van der Waals surface area contributed by atoms with Gasteiger partial charge in [0.15, 0.2) is 5.82 Å². The van der Waals surface area contributed by atoms with Crippen molar-refractivity contribution in [3.8, 4) is 0 Å². The Bertz CT molecular complexity index is 566. The van der Waals surface area contributed by atoms with Crippen LogP contribution in [0.1, 0.15) is 25.0 Å². The van der Waals surface area contributed by atoms with Crippen LogP contribution in [0, 0.1) is 6.92 Å². The average molecular weight is 286 g/mol. The molecule has 0 bridgehead atoms. The van der Waals surface area contributed by atoms with Crippen LogP contribution >= 0.6 is 0 Å². The average Bonchev–Trinajstić information content (AvgIpc) is 2.73. The second-order valence-corrected chi connectivity index (χ2v) is 6.75. The number of hydrogen-bond acceptors (Lipinski definition) is 4. The first-order valence-electron chi connectivity index (χ1n) is 6.17. The van der Waals surface area contributed by atoms with E-state index < -0.39 is 16.1 Å². The highest BCUT2D eigenvalue weighted by Crippen LogP contribution is 2.21. The number of amides is 1. The molecule has 2 N–H and O–H groups in total. The van der Waals surface area contributed by atoms with E-state index in [1.165, 1.54) is 4.31 Å². The van der Waals surface area contributed by atoms with Crippen molar-refractivity contribution in [1.82, 2.24) is 14.5 Å². The normalized spacial score (nSPS) is 21.3. The van der Waals surface area contributed by atoms with E-state index in [4.69, 9.17) is 0 Å². The van der Waals surface area contributed by atoms with Crippen molar-refractivity contribution in [2.75, 3.05) is 18.1 Å². The summed E-state index contributed by atoms with van der Waals surface area (Å²) in [5.41, 5.74) is 0.832. The van der Waals surface area contributed by atoms with Gasteiger partial charge in [-0.1, -0.05) is 6.42 Å². The quantitative estimate of drug-likeness (QED) is 0.844. The molecule has 1 saturated heterocycles. The van der Waals surface area contributed by atoms with E-state index in [9.17, 15) is 13.2 Å². The second kappa shape index (κ2) is 5.30. The summed E-state index contributed by atoms with van der Waals surface area (Å²) in [6.45, 7) is 2.22. The first-order chi connectivity index (χ1) is 8.88.